The van der Waals surface area contributed by atoms with E-state index in [4.69, 9.17) is 4.74 Å². The maximum Gasteiger partial charge on any atom is 0.309 e. The molecule has 7 heteroatoms. The van der Waals surface area contributed by atoms with E-state index in [-0.39, 0.29) is 18.2 Å². The first kappa shape index (κ1) is 16.9. The van der Waals surface area contributed by atoms with Crippen LogP contribution in [0.4, 0.5) is 0 Å². The maximum atomic E-state index is 12.9. The predicted octanol–water partition coefficient (Wildman–Crippen LogP) is 1.16. The molecule has 1 spiro atoms. The van der Waals surface area contributed by atoms with E-state index in [9.17, 15) is 19.5 Å². The van der Waals surface area contributed by atoms with Gasteiger partial charge in [0.2, 0.25) is 5.91 Å². The van der Waals surface area contributed by atoms with Gasteiger partial charge in [-0.1, -0.05) is 0 Å². The smallest absolute Gasteiger partial charge is 0.309 e. The topological polar surface area (TPSA) is 87.2 Å². The van der Waals surface area contributed by atoms with Gasteiger partial charge in [-0.3, -0.25) is 14.4 Å². The number of likely N-dealkylation sites (tertiary alicyclic amines) is 2. The molecule has 1 aromatic rings. The number of aliphatic carboxylic acids is 1. The lowest BCUT2D eigenvalue weighted by Gasteiger charge is -2.45. The van der Waals surface area contributed by atoms with Gasteiger partial charge in [-0.05, 0) is 36.6 Å². The van der Waals surface area contributed by atoms with Crippen molar-refractivity contribution >= 4 is 17.8 Å². The number of carbonyl (C=O) groups excluding carboxylic acids is 2. The van der Waals surface area contributed by atoms with Gasteiger partial charge >= 0.3 is 5.97 Å². The van der Waals surface area contributed by atoms with Crippen LogP contribution in [0.2, 0.25) is 0 Å². The fourth-order valence-corrected chi connectivity index (χ4v) is 4.58. The number of amides is 2. The van der Waals surface area contributed by atoms with Crippen molar-refractivity contribution in [1.82, 2.24) is 9.80 Å². The van der Waals surface area contributed by atoms with E-state index in [1.54, 1.807) is 22.9 Å². The number of carbonyl (C=O) groups is 3. The zero-order chi connectivity index (χ0) is 18.5. The van der Waals surface area contributed by atoms with E-state index < -0.39 is 17.4 Å². The van der Waals surface area contributed by atoms with Crippen molar-refractivity contribution in [3.8, 4) is 5.75 Å². The van der Waals surface area contributed by atoms with Crippen LogP contribution in [-0.2, 0) is 16.0 Å². The average Bonchev–Trinajstić information content (AvgIpc) is 3.20. The third kappa shape index (κ3) is 2.45. The van der Waals surface area contributed by atoms with E-state index in [0.717, 1.165) is 17.7 Å². The van der Waals surface area contributed by atoms with Crippen LogP contribution in [0.15, 0.2) is 18.2 Å². The normalized spacial score (nSPS) is 23.9. The highest BCUT2D eigenvalue weighted by molar-refractivity contribution is 5.95. The van der Waals surface area contributed by atoms with Gasteiger partial charge in [0.05, 0.1) is 18.1 Å². The number of rotatable bonds is 2. The number of benzene rings is 1. The molecule has 26 heavy (non-hydrogen) atoms. The molecule has 0 aliphatic carbocycles. The molecule has 2 amide bonds. The predicted molar refractivity (Wildman–Crippen MR) is 92.0 cm³/mol. The third-order valence-electron chi connectivity index (χ3n) is 6.22. The Kier molecular flexibility index (Phi) is 3.89. The Morgan fingerprint density at radius 2 is 2.00 bits per heavy atom. The van der Waals surface area contributed by atoms with E-state index in [2.05, 4.69) is 0 Å². The second kappa shape index (κ2) is 6.00. The Morgan fingerprint density at radius 1 is 1.27 bits per heavy atom. The van der Waals surface area contributed by atoms with Crippen LogP contribution in [-0.4, -0.2) is 65.0 Å². The summed E-state index contributed by atoms with van der Waals surface area (Å²) in [6, 6.07) is 5.51. The number of fused-ring (bicyclic) bond motifs is 1. The zero-order valence-electron chi connectivity index (χ0n) is 14.7. The van der Waals surface area contributed by atoms with Crippen LogP contribution < -0.4 is 4.74 Å². The van der Waals surface area contributed by atoms with E-state index in [1.807, 2.05) is 12.1 Å². The van der Waals surface area contributed by atoms with Gasteiger partial charge < -0.3 is 19.6 Å². The first-order valence-corrected chi connectivity index (χ1v) is 8.97. The molecule has 7 nitrogen and oxygen atoms in total. The van der Waals surface area contributed by atoms with Crippen LogP contribution in [0.3, 0.4) is 0 Å². The molecule has 1 N–H and O–H groups in total. The summed E-state index contributed by atoms with van der Waals surface area (Å²) in [5.74, 6) is -0.964. The molecule has 0 unspecified atom stereocenters. The number of carboxylic acid groups (broad SMARTS) is 1. The van der Waals surface area contributed by atoms with Gasteiger partial charge in [-0.25, -0.2) is 0 Å². The van der Waals surface area contributed by atoms with Gasteiger partial charge in [0, 0.05) is 38.5 Å². The second-order valence-corrected chi connectivity index (χ2v) is 7.36. The average molecular weight is 358 g/mol. The molecule has 4 rings (SSSR count). The van der Waals surface area contributed by atoms with Crippen LogP contribution in [0.1, 0.15) is 35.2 Å². The van der Waals surface area contributed by atoms with Crippen molar-refractivity contribution in [2.24, 2.45) is 5.92 Å². The summed E-state index contributed by atoms with van der Waals surface area (Å²) in [5.41, 5.74) is 1.01. The van der Waals surface area contributed by atoms with Gasteiger partial charge in [-0.15, -0.1) is 0 Å². The molecular formula is C19H22N2O5. The van der Waals surface area contributed by atoms with Crippen LogP contribution >= 0.6 is 0 Å². The number of hydrogen-bond acceptors (Lipinski definition) is 4. The Bertz CT molecular complexity index is 782. The summed E-state index contributed by atoms with van der Waals surface area (Å²) < 4.78 is 5.48. The molecule has 2 saturated heterocycles. The van der Waals surface area contributed by atoms with Gasteiger partial charge in [0.25, 0.3) is 5.91 Å². The van der Waals surface area contributed by atoms with Crippen LogP contribution in [0.5, 0.6) is 5.75 Å². The summed E-state index contributed by atoms with van der Waals surface area (Å²) >= 11 is 0. The lowest BCUT2D eigenvalue weighted by molar-refractivity contribution is -0.145. The molecule has 3 heterocycles. The largest absolute Gasteiger partial charge is 0.493 e. The van der Waals surface area contributed by atoms with Crippen molar-refractivity contribution in [1.29, 1.82) is 0 Å². The SMILES string of the molecule is CN1C(=O)C[C@@H](C(=O)O)C12CCN(C(=O)c1ccc3c(c1)CCO3)CC2. The third-order valence-corrected chi connectivity index (χ3v) is 6.22. The van der Waals surface area contributed by atoms with Crippen molar-refractivity contribution in [2.75, 3.05) is 26.7 Å². The fourth-order valence-electron chi connectivity index (χ4n) is 4.58. The van der Waals surface area contributed by atoms with E-state index in [0.29, 0.717) is 38.1 Å². The molecule has 3 aliphatic rings. The lowest BCUT2D eigenvalue weighted by atomic mass is 9.77. The minimum absolute atomic E-state index is 0.0462. The summed E-state index contributed by atoms with van der Waals surface area (Å²) in [7, 11) is 1.68. The summed E-state index contributed by atoms with van der Waals surface area (Å²) in [5, 5.41) is 9.54. The highest BCUT2D eigenvalue weighted by Crippen LogP contribution is 2.43. The van der Waals surface area contributed by atoms with Crippen molar-refractivity contribution in [3.05, 3.63) is 29.3 Å². The lowest BCUT2D eigenvalue weighted by Crippen LogP contribution is -2.56. The number of piperidine rings is 1. The number of nitrogens with zero attached hydrogens (tertiary/aromatic N) is 2. The molecule has 1 aromatic carbocycles. The molecule has 0 saturated carbocycles. The Balaban J connectivity index is 1.50. The maximum absolute atomic E-state index is 12.9. The number of carboxylic acids is 1. The summed E-state index contributed by atoms with van der Waals surface area (Å²) in [4.78, 5) is 39.9. The Morgan fingerprint density at radius 3 is 2.69 bits per heavy atom. The molecule has 2 fully saturated rings. The van der Waals surface area contributed by atoms with Gasteiger partial charge in [0.1, 0.15) is 5.75 Å². The molecule has 0 aromatic heterocycles. The standard InChI is InChI=1S/C19H22N2O5/c1-20-16(22)11-14(18(24)25)19(20)5-7-21(8-6-19)17(23)13-2-3-15-12(10-13)4-9-26-15/h2-3,10,14H,4-9,11H2,1H3,(H,24,25)/t14-/m0/s1. The van der Waals surface area contributed by atoms with Gasteiger partial charge in [0.15, 0.2) is 0 Å². The summed E-state index contributed by atoms with van der Waals surface area (Å²) in [6.07, 6.45) is 1.84. The van der Waals surface area contributed by atoms with Crippen LogP contribution in [0, 0.1) is 5.92 Å². The molecular weight excluding hydrogens is 336 g/mol. The molecule has 1 atom stereocenters. The van der Waals surface area contributed by atoms with Crippen molar-refractivity contribution < 1.29 is 24.2 Å². The molecule has 0 bridgehead atoms. The monoisotopic (exact) mass is 358 g/mol. The first-order chi connectivity index (χ1) is 12.4. The number of hydrogen-bond donors (Lipinski definition) is 1. The minimum Gasteiger partial charge on any atom is -0.493 e. The molecule has 138 valence electrons. The molecule has 3 aliphatic heterocycles. The van der Waals surface area contributed by atoms with E-state index in [1.165, 1.54) is 0 Å². The van der Waals surface area contributed by atoms with Crippen molar-refractivity contribution in [2.45, 2.75) is 31.2 Å². The van der Waals surface area contributed by atoms with Crippen molar-refractivity contribution in [3.63, 3.8) is 0 Å². The quantitative estimate of drug-likeness (QED) is 0.857. The van der Waals surface area contributed by atoms with Gasteiger partial charge in [-0.2, -0.15) is 0 Å². The number of ether oxygens (including phenoxy) is 1. The highest BCUT2D eigenvalue weighted by Gasteiger charge is 2.55. The highest BCUT2D eigenvalue weighted by atomic mass is 16.5. The minimum atomic E-state index is -0.930. The Labute approximate surface area is 151 Å². The van der Waals surface area contributed by atoms with Crippen LogP contribution in [0.25, 0.3) is 0 Å². The Hall–Kier alpha value is -2.57. The fraction of sp³-hybridized carbons (Fsp3) is 0.526. The molecule has 0 radical (unpaired) electrons. The summed E-state index contributed by atoms with van der Waals surface area (Å²) in [6.45, 7) is 1.55. The first-order valence-electron chi connectivity index (χ1n) is 8.97. The second-order valence-electron chi connectivity index (χ2n) is 7.36. The van der Waals surface area contributed by atoms with E-state index >= 15 is 0 Å². The zero-order valence-corrected chi connectivity index (χ0v) is 14.7.